The summed E-state index contributed by atoms with van der Waals surface area (Å²) >= 11 is 0. The van der Waals surface area contributed by atoms with Crippen molar-refractivity contribution in [3.8, 4) is 0 Å². The second-order valence-corrected chi connectivity index (χ2v) is 27.0. The van der Waals surface area contributed by atoms with Gasteiger partial charge in [-0.15, -0.1) is 0 Å². The molecule has 66 heavy (non-hydrogen) atoms. The van der Waals surface area contributed by atoms with E-state index in [4.69, 9.17) is 0 Å². The molecule has 0 saturated heterocycles. The van der Waals surface area contributed by atoms with Crippen LogP contribution in [0.1, 0.15) is 74.9 Å². The van der Waals surface area contributed by atoms with Gasteiger partial charge in [-0.3, -0.25) is 0 Å². The molecule has 25 aromatic carbocycles. The second kappa shape index (κ2) is 5.16. The van der Waals surface area contributed by atoms with Crippen molar-refractivity contribution in [2.24, 2.45) is 0 Å². The maximum absolute atomic E-state index is 2.95. The van der Waals surface area contributed by atoms with Crippen molar-refractivity contribution in [2.75, 3.05) is 0 Å². The Morgan fingerprint density at radius 2 is 0.182 bits per heavy atom. The summed E-state index contributed by atoms with van der Waals surface area (Å²) in [6.45, 7) is 17.7. The third kappa shape index (κ3) is 1.14. The lowest BCUT2D eigenvalue weighted by Gasteiger charge is -2.78. The molecule has 0 spiro atoms. The fraction of sp³-hybridized carbons (Fsp3) is 0.182. The van der Waals surface area contributed by atoms with Crippen LogP contribution in [0.15, 0.2) is 0 Å². The molecule has 0 heteroatoms. The van der Waals surface area contributed by atoms with Gasteiger partial charge in [-0.2, -0.15) is 0 Å². The monoisotopic (exact) mass is 810 g/mol. The smallest absolute Gasteiger partial charge is 0.0144 e. The molecule has 0 bridgehead atoms. The molecule has 0 heterocycles. The summed E-state index contributed by atoms with van der Waals surface area (Å²) in [7, 11) is 0. The van der Waals surface area contributed by atoms with Crippen LogP contribution in [-0.4, -0.2) is 0 Å². The van der Waals surface area contributed by atoms with Crippen LogP contribution >= 0.6 is 0 Å². The van der Waals surface area contributed by atoms with Gasteiger partial charge in [-0.25, -0.2) is 0 Å². The molecule has 0 radical (unpaired) electrons. The Labute approximate surface area is 364 Å². The average Bonchev–Trinajstić information content (AvgIpc) is 4.18. The average molecular weight is 811 g/mol. The summed E-state index contributed by atoms with van der Waals surface area (Å²) in [5.74, 6) is 0. The van der Waals surface area contributed by atoms with E-state index in [0.717, 1.165) is 0 Å². The number of hydrogen-bond donors (Lipinski definition) is 0. The number of hydrogen-bond acceptors (Lipinski definition) is 0. The molecule has 0 nitrogen and oxygen atoms in total. The third-order valence-corrected chi connectivity index (χ3v) is 28.5. The van der Waals surface area contributed by atoms with Crippen molar-refractivity contribution in [3.63, 3.8) is 0 Å². The second-order valence-electron chi connectivity index (χ2n) is 27.0. The Balaban J connectivity index is 1.28. The Hall–Kier alpha value is -7.02. The molecule has 0 aromatic heterocycles. The lowest BCUT2D eigenvalue weighted by atomic mass is 9.23. The van der Waals surface area contributed by atoms with E-state index in [2.05, 4.69) is 41.5 Å². The molecule has 1 fully saturated rings. The van der Waals surface area contributed by atoms with Crippen molar-refractivity contribution < 1.29 is 0 Å². The lowest BCUT2D eigenvalue weighted by Crippen LogP contribution is -2.81. The van der Waals surface area contributed by atoms with Crippen molar-refractivity contribution >= 4 is 259 Å². The van der Waals surface area contributed by atoms with Gasteiger partial charge in [0.05, 0.1) is 0 Å². The van der Waals surface area contributed by atoms with Crippen LogP contribution in [-0.2, 0) is 32.5 Å². The Morgan fingerprint density at radius 3 is 0.288 bits per heavy atom. The highest BCUT2D eigenvalue weighted by atomic mass is 14.9. The van der Waals surface area contributed by atoms with Crippen LogP contribution in [0.3, 0.4) is 0 Å². The molecule has 7 aliphatic rings. The first-order valence-electron chi connectivity index (χ1n) is 25.5. The zero-order valence-corrected chi connectivity index (χ0v) is 36.0. The zero-order chi connectivity index (χ0) is 40.2. The number of benzene rings is 16. The largest absolute Gasteiger partial charge is 0.0537 e. The molecule has 25 aromatic rings. The van der Waals surface area contributed by atoms with Gasteiger partial charge < -0.3 is 0 Å². The minimum absolute atomic E-state index is 0.139. The summed E-state index contributed by atoms with van der Waals surface area (Å²) in [6.07, 6.45) is 0. The van der Waals surface area contributed by atoms with E-state index >= 15 is 0 Å². The van der Waals surface area contributed by atoms with E-state index in [9.17, 15) is 0 Å². The molecule has 0 amide bonds. The first-order valence-corrected chi connectivity index (χ1v) is 25.5. The maximum atomic E-state index is 2.95. The first-order chi connectivity index (χ1) is 32.2. The van der Waals surface area contributed by atoms with Gasteiger partial charge in [0.2, 0.25) is 0 Å². The Kier molecular flexibility index (Phi) is 1.96. The molecule has 7 aliphatic carbocycles. The maximum Gasteiger partial charge on any atom is 0.0144 e. The van der Waals surface area contributed by atoms with Gasteiger partial charge in [-0.1, -0.05) is 41.5 Å². The van der Waals surface area contributed by atoms with Crippen molar-refractivity contribution in [2.45, 2.75) is 74.0 Å². The summed E-state index contributed by atoms with van der Waals surface area (Å²) in [5.41, 5.74) is 10.1. The predicted molar refractivity (Wildman–Crippen MR) is 279 cm³/mol. The summed E-state index contributed by atoms with van der Waals surface area (Å²) in [6, 6.07) is 0. The van der Waals surface area contributed by atoms with E-state index < -0.39 is 0 Å². The van der Waals surface area contributed by atoms with Gasteiger partial charge in [0.25, 0.3) is 0 Å². The molecule has 32 rings (SSSR count). The summed E-state index contributed by atoms with van der Waals surface area (Å²) in [4.78, 5) is 0. The minimum Gasteiger partial charge on any atom is -0.0537 e. The van der Waals surface area contributed by atoms with Crippen LogP contribution in [0.25, 0.3) is 259 Å². The van der Waals surface area contributed by atoms with Gasteiger partial charge >= 0.3 is 0 Å². The molecule has 1 saturated carbocycles. The molecular weight excluding hydrogens is 793 g/mol. The van der Waals surface area contributed by atoms with E-state index in [1.807, 2.05) is 33.4 Å². The van der Waals surface area contributed by atoms with E-state index in [0.29, 0.717) is 0 Å². The molecule has 282 valence electrons. The fourth-order valence-corrected chi connectivity index (χ4v) is 27.8. The summed E-state index contributed by atoms with van der Waals surface area (Å²) < 4.78 is 0. The SMILES string of the molecule is CC12c3c4c5c6c7c8c9c%10c%11c%12c%13c%14c(c%15c3c3c%16c4c4c6c6c7c7c9c9c%11c%11c%12c%12c%14c%14c%15c3c3c%15c%16c4c4c6c6c7c9c7c%11c9c%12c%14c3c3c%15c4c6c7c93)C1(C)C%13(C)C%10(C)C8(C)C52C. The lowest BCUT2D eigenvalue weighted by molar-refractivity contribution is -0.0989. The highest BCUT2D eigenvalue weighted by molar-refractivity contribution is 6.80. The van der Waals surface area contributed by atoms with Gasteiger partial charge in [0.15, 0.2) is 0 Å². The van der Waals surface area contributed by atoms with E-state index in [1.165, 1.54) is 0 Å². The van der Waals surface area contributed by atoms with Crippen molar-refractivity contribution in [3.05, 3.63) is 33.4 Å². The topological polar surface area (TPSA) is 0 Å². The zero-order valence-electron chi connectivity index (χ0n) is 36.0. The van der Waals surface area contributed by atoms with Crippen molar-refractivity contribution in [1.29, 1.82) is 0 Å². The molecule has 0 aliphatic heterocycles. The van der Waals surface area contributed by atoms with Gasteiger partial charge in [0.1, 0.15) is 0 Å². The van der Waals surface area contributed by atoms with Crippen molar-refractivity contribution in [1.82, 2.24) is 0 Å². The fourth-order valence-electron chi connectivity index (χ4n) is 27.8. The molecular formula is C66H18. The quantitative estimate of drug-likeness (QED) is 0.134. The summed E-state index contributed by atoms with van der Waals surface area (Å²) in [5, 5.41) is 81.7. The highest BCUT2D eigenvalue weighted by Crippen LogP contribution is 2.94. The van der Waals surface area contributed by atoms with Gasteiger partial charge in [-0.05, 0) is 292 Å². The molecule has 0 atom stereocenters. The minimum atomic E-state index is -0.139. The molecule has 0 unspecified atom stereocenters. The Morgan fingerprint density at radius 1 is 0.106 bits per heavy atom. The standard InChI is InChI=1S/C66H18/c1-61-55-46-37-28-19-13-7-8-10-12-11-9(7)15-20-16(11)26-27-18(12)21-17(10)25-24(14(8)19)33-38(28)47(46)57-53-44(33)34(25)41-30(21)42-36(27)45-35(26)40-29(20)39-32-23(15)22(13)31(37)43(32)52(55)56-48(39)49(40)59-54(45)60-51(42)50(41)58(53)64(4,63(57,61)3)66(60,6)65(59,5)62(56,61)2/h1-6H3. The van der Waals surface area contributed by atoms with E-state index in [-0.39, 0.29) is 32.5 Å². The van der Waals surface area contributed by atoms with E-state index in [1.54, 1.807) is 259 Å². The Bertz CT molecular complexity index is 5860. The van der Waals surface area contributed by atoms with Crippen LogP contribution in [0.5, 0.6) is 0 Å². The normalized spacial score (nSPS) is 32.5. The van der Waals surface area contributed by atoms with Crippen LogP contribution < -0.4 is 0 Å². The van der Waals surface area contributed by atoms with Gasteiger partial charge in [0, 0.05) is 32.5 Å². The van der Waals surface area contributed by atoms with Crippen LogP contribution in [0, 0.1) is 0 Å². The van der Waals surface area contributed by atoms with Crippen LogP contribution in [0.4, 0.5) is 0 Å². The first kappa shape index (κ1) is 25.0. The molecule has 0 N–H and O–H groups in total. The van der Waals surface area contributed by atoms with Crippen LogP contribution in [0.2, 0.25) is 0 Å². The predicted octanol–water partition coefficient (Wildman–Crippen LogP) is 17.5. The third-order valence-electron chi connectivity index (χ3n) is 28.5. The number of rotatable bonds is 0. The highest BCUT2D eigenvalue weighted by Gasteiger charge is 2.89.